The molecule has 0 unspecified atom stereocenters. The van der Waals surface area contributed by atoms with Crippen molar-refractivity contribution in [1.82, 2.24) is 4.90 Å². The van der Waals surface area contributed by atoms with Crippen molar-refractivity contribution in [2.24, 2.45) is 5.41 Å². The molecule has 1 aliphatic carbocycles. The van der Waals surface area contributed by atoms with E-state index in [9.17, 15) is 9.59 Å². The average Bonchev–Trinajstić information content (AvgIpc) is 3.06. The predicted octanol–water partition coefficient (Wildman–Crippen LogP) is 1.04. The fourth-order valence-electron chi connectivity index (χ4n) is 2.43. The Hall–Kier alpha value is -1.82. The molecule has 102 valence electrons. The van der Waals surface area contributed by atoms with Gasteiger partial charge in [0.25, 0.3) is 0 Å². The summed E-state index contributed by atoms with van der Waals surface area (Å²) >= 11 is 0. The highest BCUT2D eigenvalue weighted by atomic mass is 16.5. The summed E-state index contributed by atoms with van der Waals surface area (Å²) < 4.78 is 10.8. The molecule has 0 spiro atoms. The molecule has 3 rings (SSSR count). The van der Waals surface area contributed by atoms with Crippen molar-refractivity contribution in [2.45, 2.75) is 18.9 Å². The maximum absolute atomic E-state index is 12.3. The Morgan fingerprint density at radius 3 is 2.79 bits per heavy atom. The first-order chi connectivity index (χ1) is 9.13. The zero-order valence-corrected chi connectivity index (χ0v) is 10.4. The minimum atomic E-state index is -1.18. The van der Waals surface area contributed by atoms with E-state index in [1.807, 2.05) is 0 Å². The van der Waals surface area contributed by atoms with E-state index in [1.54, 1.807) is 23.3 Å². The third-order valence-corrected chi connectivity index (χ3v) is 3.78. The second kappa shape index (κ2) is 4.38. The summed E-state index contributed by atoms with van der Waals surface area (Å²) in [5.41, 5.74) is -1.18. The van der Waals surface area contributed by atoms with Crippen LogP contribution in [0, 0.1) is 5.41 Å². The Labute approximate surface area is 109 Å². The van der Waals surface area contributed by atoms with Crippen molar-refractivity contribution in [3.05, 3.63) is 24.2 Å². The molecular formula is C13H15NO5. The molecule has 0 radical (unpaired) electrons. The van der Waals surface area contributed by atoms with E-state index in [1.165, 1.54) is 0 Å². The van der Waals surface area contributed by atoms with Gasteiger partial charge in [0.05, 0.1) is 19.4 Å². The summed E-state index contributed by atoms with van der Waals surface area (Å²) in [5.74, 6) is -0.643. The lowest BCUT2D eigenvalue weighted by atomic mass is 10.0. The topological polar surface area (TPSA) is 80.0 Å². The number of carbonyl (C=O) groups is 2. The van der Waals surface area contributed by atoms with Gasteiger partial charge in [0.1, 0.15) is 17.3 Å². The second-order valence-corrected chi connectivity index (χ2v) is 5.01. The number of ether oxygens (including phenoxy) is 1. The molecule has 1 aliphatic heterocycles. The third-order valence-electron chi connectivity index (χ3n) is 3.78. The Balaban J connectivity index is 1.72. The number of hydrogen-bond donors (Lipinski definition) is 1. The standard InChI is InChI=1S/C13H15NO5/c15-11(13(3-4-13)12(16)17)14-5-7-19-10(8-14)9-2-1-6-18-9/h1-2,6,10H,3-5,7-8H2,(H,16,17)/t10-/m1/s1. The average molecular weight is 265 g/mol. The number of carboxylic acid groups (broad SMARTS) is 1. The van der Waals surface area contributed by atoms with Crippen LogP contribution in [0.25, 0.3) is 0 Å². The predicted molar refractivity (Wildman–Crippen MR) is 63.3 cm³/mol. The molecule has 1 saturated carbocycles. The molecule has 1 saturated heterocycles. The van der Waals surface area contributed by atoms with E-state index in [4.69, 9.17) is 14.3 Å². The normalized spacial score (nSPS) is 25.1. The molecule has 6 nitrogen and oxygen atoms in total. The maximum Gasteiger partial charge on any atom is 0.319 e. The van der Waals surface area contributed by atoms with Gasteiger partial charge in [-0.15, -0.1) is 0 Å². The minimum Gasteiger partial charge on any atom is -0.480 e. The number of aliphatic carboxylic acids is 1. The highest BCUT2D eigenvalue weighted by Crippen LogP contribution is 2.48. The van der Waals surface area contributed by atoms with E-state index in [-0.39, 0.29) is 12.0 Å². The van der Waals surface area contributed by atoms with Crippen LogP contribution in [0.2, 0.25) is 0 Å². The molecule has 1 N–H and O–H groups in total. The molecule has 2 heterocycles. The minimum absolute atomic E-state index is 0.292. The van der Waals surface area contributed by atoms with Gasteiger partial charge in [-0.05, 0) is 25.0 Å². The number of amides is 1. The van der Waals surface area contributed by atoms with Crippen LogP contribution in [-0.2, 0) is 14.3 Å². The molecule has 19 heavy (non-hydrogen) atoms. The van der Waals surface area contributed by atoms with Gasteiger partial charge in [0, 0.05) is 6.54 Å². The second-order valence-electron chi connectivity index (χ2n) is 5.01. The molecular weight excluding hydrogens is 250 g/mol. The summed E-state index contributed by atoms with van der Waals surface area (Å²) in [6, 6.07) is 3.56. The molecule has 1 aromatic heterocycles. The molecule has 0 aromatic carbocycles. The van der Waals surface area contributed by atoms with E-state index < -0.39 is 11.4 Å². The van der Waals surface area contributed by atoms with Gasteiger partial charge in [-0.3, -0.25) is 9.59 Å². The Morgan fingerprint density at radius 2 is 2.21 bits per heavy atom. The maximum atomic E-state index is 12.3. The number of hydrogen-bond acceptors (Lipinski definition) is 4. The lowest BCUT2D eigenvalue weighted by Crippen LogP contribution is -2.47. The third kappa shape index (κ3) is 2.02. The molecule has 2 fully saturated rings. The van der Waals surface area contributed by atoms with Gasteiger partial charge in [-0.25, -0.2) is 0 Å². The van der Waals surface area contributed by atoms with Crippen LogP contribution in [0.4, 0.5) is 0 Å². The van der Waals surface area contributed by atoms with Crippen molar-refractivity contribution in [3.63, 3.8) is 0 Å². The molecule has 2 aliphatic rings. The van der Waals surface area contributed by atoms with Crippen LogP contribution in [0.15, 0.2) is 22.8 Å². The first-order valence-electron chi connectivity index (χ1n) is 6.31. The largest absolute Gasteiger partial charge is 0.480 e. The van der Waals surface area contributed by atoms with E-state index in [0.717, 1.165) is 0 Å². The van der Waals surface area contributed by atoms with Crippen LogP contribution in [0.5, 0.6) is 0 Å². The first kappa shape index (κ1) is 12.2. The fourth-order valence-corrected chi connectivity index (χ4v) is 2.43. The summed E-state index contributed by atoms with van der Waals surface area (Å²) in [4.78, 5) is 25.1. The van der Waals surface area contributed by atoms with Crippen molar-refractivity contribution in [1.29, 1.82) is 0 Å². The van der Waals surface area contributed by atoms with Crippen molar-refractivity contribution < 1.29 is 23.8 Å². The quantitative estimate of drug-likeness (QED) is 0.826. The first-order valence-corrected chi connectivity index (χ1v) is 6.31. The van der Waals surface area contributed by atoms with E-state index >= 15 is 0 Å². The van der Waals surface area contributed by atoms with Crippen LogP contribution in [-0.4, -0.2) is 41.6 Å². The number of furan rings is 1. The lowest BCUT2D eigenvalue weighted by molar-refractivity contribution is -0.157. The Morgan fingerprint density at radius 1 is 1.42 bits per heavy atom. The van der Waals surface area contributed by atoms with Crippen LogP contribution >= 0.6 is 0 Å². The zero-order chi connectivity index (χ0) is 13.5. The number of morpholine rings is 1. The van der Waals surface area contributed by atoms with Gasteiger partial charge in [0.2, 0.25) is 5.91 Å². The number of rotatable bonds is 3. The van der Waals surface area contributed by atoms with Gasteiger partial charge in [0.15, 0.2) is 0 Å². The molecule has 6 heteroatoms. The Bertz CT molecular complexity index is 491. The van der Waals surface area contributed by atoms with Gasteiger partial charge in [-0.2, -0.15) is 0 Å². The summed E-state index contributed by atoms with van der Waals surface area (Å²) in [6.07, 6.45) is 2.12. The lowest BCUT2D eigenvalue weighted by Gasteiger charge is -2.33. The van der Waals surface area contributed by atoms with Crippen LogP contribution in [0.3, 0.4) is 0 Å². The fraction of sp³-hybridized carbons (Fsp3) is 0.538. The number of nitrogens with zero attached hydrogens (tertiary/aromatic N) is 1. The highest BCUT2D eigenvalue weighted by Gasteiger charge is 2.58. The monoisotopic (exact) mass is 265 g/mol. The van der Waals surface area contributed by atoms with Gasteiger partial charge >= 0.3 is 5.97 Å². The highest BCUT2D eigenvalue weighted by molar-refractivity contribution is 6.04. The molecule has 1 atom stereocenters. The number of carboxylic acids is 1. The summed E-state index contributed by atoms with van der Waals surface area (Å²) in [7, 11) is 0. The van der Waals surface area contributed by atoms with Crippen molar-refractivity contribution in [2.75, 3.05) is 19.7 Å². The van der Waals surface area contributed by atoms with Crippen molar-refractivity contribution in [3.8, 4) is 0 Å². The zero-order valence-electron chi connectivity index (χ0n) is 10.4. The molecule has 0 bridgehead atoms. The molecule has 1 amide bonds. The van der Waals surface area contributed by atoms with Crippen LogP contribution < -0.4 is 0 Å². The van der Waals surface area contributed by atoms with Gasteiger partial charge < -0.3 is 19.2 Å². The summed E-state index contributed by atoms with van der Waals surface area (Å²) in [5, 5.41) is 9.16. The van der Waals surface area contributed by atoms with E-state index in [0.29, 0.717) is 38.3 Å². The van der Waals surface area contributed by atoms with E-state index in [2.05, 4.69) is 0 Å². The van der Waals surface area contributed by atoms with Gasteiger partial charge in [-0.1, -0.05) is 0 Å². The smallest absolute Gasteiger partial charge is 0.319 e. The summed E-state index contributed by atoms with van der Waals surface area (Å²) in [6.45, 7) is 1.18. The van der Waals surface area contributed by atoms with Crippen molar-refractivity contribution >= 4 is 11.9 Å². The number of carbonyl (C=O) groups excluding carboxylic acids is 1. The van der Waals surface area contributed by atoms with Crippen LogP contribution in [0.1, 0.15) is 24.7 Å². The SMILES string of the molecule is O=C(O)C1(C(=O)N2CCO[C@@H](c3ccco3)C2)CC1. The molecule has 1 aromatic rings. The Kier molecular flexibility index (Phi) is 2.82.